The number of nitrogens with one attached hydrogen (secondary N) is 1. The minimum atomic E-state index is -3.61. The molecule has 2 aromatic rings. The van der Waals surface area contributed by atoms with Crippen molar-refractivity contribution in [3.8, 4) is 0 Å². The number of carbonyl (C=O) groups excluding carboxylic acids is 3. The number of fused-ring (bicyclic) bond motifs is 1. The van der Waals surface area contributed by atoms with Crippen molar-refractivity contribution in [2.45, 2.75) is 44.4 Å². The van der Waals surface area contributed by atoms with Crippen LogP contribution in [0.2, 0.25) is 0 Å². The van der Waals surface area contributed by atoms with Gasteiger partial charge in [0.25, 0.3) is 5.91 Å². The highest BCUT2D eigenvalue weighted by Crippen LogP contribution is 2.23. The molecule has 3 amide bonds. The van der Waals surface area contributed by atoms with Gasteiger partial charge in [-0.2, -0.15) is 0 Å². The molecule has 1 N–H and O–H groups in total. The number of imidazole rings is 1. The average molecular weight is 452 g/mol. The van der Waals surface area contributed by atoms with Crippen molar-refractivity contribution >= 4 is 39.0 Å². The predicted molar refractivity (Wildman–Crippen MR) is 110 cm³/mol. The Morgan fingerprint density at radius 3 is 2.48 bits per heavy atom. The Kier molecular flexibility index (Phi) is 5.80. The van der Waals surface area contributed by atoms with Crippen molar-refractivity contribution < 1.29 is 27.5 Å². The molecule has 168 valence electrons. The molecule has 1 aliphatic rings. The maximum Gasteiger partial charge on any atom is 0.326 e. The van der Waals surface area contributed by atoms with E-state index in [0.717, 1.165) is 9.21 Å². The molecule has 1 aromatic carbocycles. The fraction of sp³-hybridized carbons (Fsp3) is 0.474. The Bertz CT molecular complexity index is 1170. The van der Waals surface area contributed by atoms with Crippen LogP contribution in [-0.4, -0.2) is 71.3 Å². The van der Waals surface area contributed by atoms with Crippen LogP contribution in [0.1, 0.15) is 26.6 Å². The first kappa shape index (κ1) is 22.7. The van der Waals surface area contributed by atoms with Gasteiger partial charge in [-0.25, -0.2) is 22.5 Å². The fourth-order valence-corrected chi connectivity index (χ4v) is 4.20. The summed E-state index contributed by atoms with van der Waals surface area (Å²) >= 11 is 0. The zero-order chi connectivity index (χ0) is 23.1. The molecule has 0 unspecified atom stereocenters. The number of esters is 1. The molecule has 31 heavy (non-hydrogen) atoms. The number of aryl methyl sites for hydroxylation is 1. The Balaban J connectivity index is 1.78. The number of nitrogens with zero attached hydrogens (tertiary/aromatic N) is 4. The molecular formula is C19H25N5O6S. The van der Waals surface area contributed by atoms with Crippen LogP contribution in [0.5, 0.6) is 0 Å². The highest BCUT2D eigenvalue weighted by atomic mass is 32.2. The first-order chi connectivity index (χ1) is 14.4. The number of aromatic nitrogens is 2. The van der Waals surface area contributed by atoms with Gasteiger partial charge < -0.3 is 14.6 Å². The molecule has 1 aromatic heterocycles. The van der Waals surface area contributed by atoms with E-state index in [0.29, 0.717) is 23.4 Å². The van der Waals surface area contributed by atoms with E-state index in [2.05, 4.69) is 10.3 Å². The third kappa shape index (κ3) is 4.12. The molecule has 1 saturated heterocycles. The maximum atomic E-state index is 12.4. The second-order valence-electron chi connectivity index (χ2n) is 7.82. The summed E-state index contributed by atoms with van der Waals surface area (Å²) in [5, 5.41) is 2.49. The van der Waals surface area contributed by atoms with Crippen LogP contribution in [-0.2, 0) is 37.5 Å². The van der Waals surface area contributed by atoms with Gasteiger partial charge in [-0.15, -0.1) is 0 Å². The average Bonchev–Trinajstić information content (AvgIpc) is 3.14. The molecule has 0 atom stereocenters. The number of imide groups is 1. The number of rotatable bonds is 7. The second kappa shape index (κ2) is 7.93. The van der Waals surface area contributed by atoms with Crippen molar-refractivity contribution in [3.63, 3.8) is 0 Å². The number of benzene rings is 1. The second-order valence-corrected chi connectivity index (χ2v) is 9.97. The van der Waals surface area contributed by atoms with E-state index in [1.807, 2.05) is 6.92 Å². The van der Waals surface area contributed by atoms with E-state index in [1.165, 1.54) is 26.2 Å². The fourth-order valence-electron chi connectivity index (χ4n) is 3.28. The molecule has 0 bridgehead atoms. The third-order valence-electron chi connectivity index (χ3n) is 4.99. The van der Waals surface area contributed by atoms with Crippen molar-refractivity contribution in [3.05, 3.63) is 24.0 Å². The molecule has 2 heterocycles. The van der Waals surface area contributed by atoms with Crippen LogP contribution in [0.15, 0.2) is 23.1 Å². The molecule has 0 saturated carbocycles. The summed E-state index contributed by atoms with van der Waals surface area (Å²) in [6.45, 7) is 4.80. The first-order valence-corrected chi connectivity index (χ1v) is 11.0. The summed E-state index contributed by atoms with van der Waals surface area (Å²) < 4.78 is 32.9. The lowest BCUT2D eigenvalue weighted by Crippen LogP contribution is -2.41. The van der Waals surface area contributed by atoms with Crippen molar-refractivity contribution in [1.82, 2.24) is 24.1 Å². The summed E-state index contributed by atoms with van der Waals surface area (Å²) in [7, 11) is -0.722. The molecule has 0 aliphatic carbocycles. The summed E-state index contributed by atoms with van der Waals surface area (Å²) in [6, 6.07) is 3.98. The summed E-state index contributed by atoms with van der Waals surface area (Å²) in [5.41, 5.74) is 0.0757. The van der Waals surface area contributed by atoms with Crippen molar-refractivity contribution in [1.29, 1.82) is 0 Å². The van der Waals surface area contributed by atoms with Gasteiger partial charge in [-0.3, -0.25) is 14.5 Å². The Morgan fingerprint density at radius 1 is 1.26 bits per heavy atom. The van der Waals surface area contributed by atoms with Crippen LogP contribution >= 0.6 is 0 Å². The Hall–Kier alpha value is -2.99. The molecule has 1 aliphatic heterocycles. The largest absolute Gasteiger partial charge is 0.456 e. The number of carbonyl (C=O) groups is 3. The van der Waals surface area contributed by atoms with E-state index in [9.17, 15) is 22.8 Å². The SMILES string of the molecule is CCn1c(COC(=O)CN2C(=O)NC(C)(C)C2=O)nc2cc(S(=O)(=O)N(C)C)ccc21. The van der Waals surface area contributed by atoms with Crippen molar-refractivity contribution in [2.75, 3.05) is 20.6 Å². The number of urea groups is 1. The molecule has 11 nitrogen and oxygen atoms in total. The van der Waals surface area contributed by atoms with Gasteiger partial charge in [0, 0.05) is 20.6 Å². The topological polar surface area (TPSA) is 131 Å². The number of hydrogen-bond acceptors (Lipinski definition) is 7. The number of amides is 3. The van der Waals surface area contributed by atoms with E-state index < -0.39 is 40.0 Å². The maximum absolute atomic E-state index is 12.4. The zero-order valence-corrected chi connectivity index (χ0v) is 18.8. The highest BCUT2D eigenvalue weighted by molar-refractivity contribution is 7.89. The third-order valence-corrected chi connectivity index (χ3v) is 6.80. The quantitative estimate of drug-likeness (QED) is 0.484. The molecule has 0 radical (unpaired) electrons. The van der Waals surface area contributed by atoms with Crippen LogP contribution < -0.4 is 5.32 Å². The van der Waals surface area contributed by atoms with Gasteiger partial charge in [0.2, 0.25) is 10.0 Å². The first-order valence-electron chi connectivity index (χ1n) is 9.60. The van der Waals surface area contributed by atoms with Crippen LogP contribution in [0.3, 0.4) is 0 Å². The van der Waals surface area contributed by atoms with Gasteiger partial charge in [-0.1, -0.05) is 0 Å². The monoisotopic (exact) mass is 451 g/mol. The molecule has 0 spiro atoms. The Morgan fingerprint density at radius 2 is 1.94 bits per heavy atom. The Labute approximate surface area is 180 Å². The number of hydrogen-bond donors (Lipinski definition) is 1. The summed E-state index contributed by atoms with van der Waals surface area (Å²) in [5.74, 6) is -0.848. The van der Waals surface area contributed by atoms with Gasteiger partial charge >= 0.3 is 12.0 Å². The zero-order valence-electron chi connectivity index (χ0n) is 18.0. The van der Waals surface area contributed by atoms with Crippen molar-refractivity contribution in [2.24, 2.45) is 0 Å². The standard InChI is InChI=1S/C19H25N5O6S/c1-6-23-14-8-7-12(31(28,29)22(4)5)9-13(14)20-15(23)11-30-16(25)10-24-17(26)19(2,3)21-18(24)27/h7-9H,6,10-11H2,1-5H3,(H,21,27). The lowest BCUT2D eigenvalue weighted by molar-refractivity contribution is -0.148. The van der Waals surface area contributed by atoms with E-state index in [-0.39, 0.29) is 11.5 Å². The van der Waals surface area contributed by atoms with Crippen LogP contribution in [0, 0.1) is 0 Å². The van der Waals surface area contributed by atoms with E-state index in [4.69, 9.17) is 4.74 Å². The van der Waals surface area contributed by atoms with Crippen LogP contribution in [0.25, 0.3) is 11.0 Å². The van der Waals surface area contributed by atoms with Gasteiger partial charge in [0.1, 0.15) is 24.5 Å². The summed E-state index contributed by atoms with van der Waals surface area (Å²) in [4.78, 5) is 41.7. The lowest BCUT2D eigenvalue weighted by atomic mass is 10.1. The highest BCUT2D eigenvalue weighted by Gasteiger charge is 2.45. The smallest absolute Gasteiger partial charge is 0.326 e. The minimum absolute atomic E-state index is 0.107. The van der Waals surface area contributed by atoms with E-state index >= 15 is 0 Å². The minimum Gasteiger partial charge on any atom is -0.456 e. The normalized spacial score (nSPS) is 16.3. The predicted octanol–water partition coefficient (Wildman–Crippen LogP) is 0.680. The number of ether oxygens (including phenoxy) is 1. The molecule has 12 heteroatoms. The van der Waals surface area contributed by atoms with Gasteiger partial charge in [-0.05, 0) is 39.0 Å². The lowest BCUT2D eigenvalue weighted by Gasteiger charge is -2.15. The van der Waals surface area contributed by atoms with Gasteiger partial charge in [0.05, 0.1) is 15.9 Å². The number of sulfonamides is 1. The molecule has 1 fully saturated rings. The summed E-state index contributed by atoms with van der Waals surface area (Å²) in [6.07, 6.45) is 0. The van der Waals surface area contributed by atoms with E-state index in [1.54, 1.807) is 24.5 Å². The van der Waals surface area contributed by atoms with Crippen LogP contribution in [0.4, 0.5) is 4.79 Å². The molecular weight excluding hydrogens is 426 g/mol. The molecule has 3 rings (SSSR count). The van der Waals surface area contributed by atoms with Gasteiger partial charge in [0.15, 0.2) is 0 Å².